The molecular weight excluding hydrogens is 418 g/mol. The number of nitro groups is 1. The third-order valence-corrected chi connectivity index (χ3v) is 4.88. The minimum atomic E-state index is -1.13. The highest BCUT2D eigenvalue weighted by molar-refractivity contribution is 5.92. The first-order valence-corrected chi connectivity index (χ1v) is 9.13. The molecule has 0 saturated heterocycles. The first-order chi connectivity index (χ1) is 15.4. The number of para-hydroxylation sites is 2. The fourth-order valence-electron chi connectivity index (χ4n) is 3.52. The maximum absolute atomic E-state index is 13.5. The minimum absolute atomic E-state index is 0.192. The third kappa shape index (κ3) is 2.95. The Labute approximate surface area is 177 Å². The summed E-state index contributed by atoms with van der Waals surface area (Å²) in [6.07, 6.45) is 0. The van der Waals surface area contributed by atoms with Gasteiger partial charge in [-0.05, 0) is 29.8 Å². The lowest BCUT2D eigenvalue weighted by Gasteiger charge is -2.17. The van der Waals surface area contributed by atoms with Gasteiger partial charge in [0, 0.05) is 12.0 Å². The molecule has 2 heterocycles. The molecule has 12 nitrogen and oxygen atoms in total. The van der Waals surface area contributed by atoms with E-state index in [1.54, 1.807) is 48.5 Å². The van der Waals surface area contributed by atoms with Crippen molar-refractivity contribution >= 4 is 22.4 Å². The zero-order valence-electron chi connectivity index (χ0n) is 16.4. The lowest BCUT2D eigenvalue weighted by atomic mass is 10.2. The van der Waals surface area contributed by atoms with Gasteiger partial charge in [-0.1, -0.05) is 41.5 Å². The molecule has 4 rings (SSSR count). The number of benzene rings is 2. The maximum Gasteiger partial charge on any atom is 0.344 e. The molecule has 2 aromatic heterocycles. The van der Waals surface area contributed by atoms with Crippen molar-refractivity contribution in [3.8, 4) is 11.4 Å². The smallest absolute Gasteiger partial charge is 0.291 e. The number of nitrogens with zero attached hydrogens (tertiary/aromatic N) is 7. The summed E-state index contributed by atoms with van der Waals surface area (Å²) in [6.45, 7) is 0. The Hall–Kier alpha value is -4.96. The van der Waals surface area contributed by atoms with Crippen molar-refractivity contribution in [2.45, 2.75) is 0 Å². The summed E-state index contributed by atoms with van der Waals surface area (Å²) in [5.74, 6) is 0. The number of azide groups is 1. The second-order valence-electron chi connectivity index (χ2n) is 6.64. The first-order valence-electron chi connectivity index (χ1n) is 9.13. The van der Waals surface area contributed by atoms with E-state index in [2.05, 4.69) is 10.0 Å². The van der Waals surface area contributed by atoms with Crippen molar-refractivity contribution in [3.63, 3.8) is 0 Å². The first kappa shape index (κ1) is 20.3. The number of hydrogen-bond donors (Lipinski definition) is 0. The Balaban J connectivity index is 2.42. The molecule has 0 bridgehead atoms. The summed E-state index contributed by atoms with van der Waals surface area (Å²) in [4.78, 5) is 53.0. The summed E-state index contributed by atoms with van der Waals surface area (Å²) in [5, 5.41) is 14.5. The highest BCUT2D eigenvalue weighted by Gasteiger charge is 2.29. The van der Waals surface area contributed by atoms with Crippen LogP contribution < -0.4 is 16.8 Å². The second-order valence-corrected chi connectivity index (χ2v) is 6.64. The summed E-state index contributed by atoms with van der Waals surface area (Å²) in [5.41, 5.74) is 4.53. The van der Waals surface area contributed by atoms with Gasteiger partial charge in [0.2, 0.25) is 0 Å². The van der Waals surface area contributed by atoms with Crippen LogP contribution >= 0.6 is 0 Å². The highest BCUT2D eigenvalue weighted by atomic mass is 16.6. The topological polar surface area (TPSA) is 158 Å². The predicted molar refractivity (Wildman–Crippen MR) is 116 cm³/mol. The van der Waals surface area contributed by atoms with Crippen molar-refractivity contribution in [2.75, 3.05) is 0 Å². The van der Waals surface area contributed by atoms with E-state index in [4.69, 9.17) is 5.53 Å². The molecule has 158 valence electrons. The molecule has 2 aromatic carbocycles. The molecule has 0 fully saturated rings. The number of pyridine rings is 1. The van der Waals surface area contributed by atoms with Crippen molar-refractivity contribution in [1.29, 1.82) is 0 Å². The zero-order chi connectivity index (χ0) is 23.0. The van der Waals surface area contributed by atoms with E-state index in [1.165, 1.54) is 19.2 Å². The molecule has 12 heteroatoms. The highest BCUT2D eigenvalue weighted by Crippen LogP contribution is 2.31. The van der Waals surface area contributed by atoms with Gasteiger partial charge >= 0.3 is 16.9 Å². The van der Waals surface area contributed by atoms with Crippen molar-refractivity contribution in [1.82, 2.24) is 13.7 Å². The van der Waals surface area contributed by atoms with Crippen molar-refractivity contribution in [2.24, 2.45) is 12.2 Å². The third-order valence-electron chi connectivity index (χ3n) is 4.88. The predicted octanol–water partition coefficient (Wildman–Crippen LogP) is 2.69. The summed E-state index contributed by atoms with van der Waals surface area (Å²) < 4.78 is 2.71. The van der Waals surface area contributed by atoms with Gasteiger partial charge in [-0.2, -0.15) is 0 Å². The van der Waals surface area contributed by atoms with Crippen LogP contribution in [0.4, 0.5) is 11.4 Å². The Morgan fingerprint density at radius 2 is 1.44 bits per heavy atom. The molecule has 0 atom stereocenters. The lowest BCUT2D eigenvalue weighted by Crippen LogP contribution is -2.40. The molecule has 0 aliphatic carbocycles. The molecule has 0 unspecified atom stereocenters. The van der Waals surface area contributed by atoms with Crippen molar-refractivity contribution in [3.05, 3.63) is 112 Å². The molecule has 32 heavy (non-hydrogen) atoms. The Kier molecular flexibility index (Phi) is 4.89. The van der Waals surface area contributed by atoms with Crippen LogP contribution in [0.15, 0.2) is 80.2 Å². The maximum atomic E-state index is 13.5. The van der Waals surface area contributed by atoms with Gasteiger partial charge in [0.15, 0.2) is 0 Å². The van der Waals surface area contributed by atoms with Crippen LogP contribution in [0.3, 0.4) is 0 Å². The standard InChI is InChI=1S/C20H13N7O5/c1-24-17-14(15(22-23-21)16(19(24)29)27(31)32)18(28)26(13-10-6-3-7-11-13)20(30)25(17)12-8-4-2-5-9-12/h2-11H,1H3. The van der Waals surface area contributed by atoms with Crippen LogP contribution in [0.2, 0.25) is 0 Å². The van der Waals surface area contributed by atoms with Gasteiger partial charge in [0.1, 0.15) is 11.3 Å². The van der Waals surface area contributed by atoms with Crippen LogP contribution in [0, 0.1) is 10.1 Å². The number of rotatable bonds is 4. The molecule has 0 aliphatic rings. The van der Waals surface area contributed by atoms with Gasteiger partial charge in [-0.15, -0.1) is 0 Å². The Bertz CT molecular complexity index is 1610. The molecule has 4 aromatic rings. The van der Waals surface area contributed by atoms with Crippen LogP contribution in [-0.2, 0) is 7.05 Å². The molecule has 0 amide bonds. The van der Waals surface area contributed by atoms with Gasteiger partial charge in [0.25, 0.3) is 5.56 Å². The van der Waals surface area contributed by atoms with Gasteiger partial charge in [-0.3, -0.25) is 24.3 Å². The van der Waals surface area contributed by atoms with Crippen molar-refractivity contribution < 1.29 is 4.92 Å². The zero-order valence-corrected chi connectivity index (χ0v) is 16.4. The lowest BCUT2D eigenvalue weighted by molar-refractivity contribution is -0.385. The summed E-state index contributed by atoms with van der Waals surface area (Å²) >= 11 is 0. The fourth-order valence-corrected chi connectivity index (χ4v) is 3.52. The van der Waals surface area contributed by atoms with E-state index in [9.17, 15) is 24.5 Å². The van der Waals surface area contributed by atoms with E-state index >= 15 is 0 Å². The monoisotopic (exact) mass is 431 g/mol. The quantitative estimate of drug-likeness (QED) is 0.159. The molecule has 0 N–H and O–H groups in total. The molecule has 0 saturated carbocycles. The van der Waals surface area contributed by atoms with E-state index < -0.39 is 38.5 Å². The number of aryl methyl sites for hydroxylation is 1. The summed E-state index contributed by atoms with van der Waals surface area (Å²) in [6, 6.07) is 16.0. The van der Waals surface area contributed by atoms with Gasteiger partial charge in [0.05, 0.1) is 21.7 Å². The average molecular weight is 431 g/mol. The average Bonchev–Trinajstić information content (AvgIpc) is 2.78. The van der Waals surface area contributed by atoms with Crippen LogP contribution in [0.5, 0.6) is 0 Å². The molecule has 0 spiro atoms. The molecule has 0 radical (unpaired) electrons. The number of fused-ring (bicyclic) bond motifs is 1. The summed E-state index contributed by atoms with van der Waals surface area (Å²) in [7, 11) is 1.20. The molecular formula is C20H13N7O5. The largest absolute Gasteiger partial charge is 0.344 e. The Morgan fingerprint density at radius 3 is 1.94 bits per heavy atom. The minimum Gasteiger partial charge on any atom is -0.291 e. The number of aromatic nitrogens is 3. The normalized spacial score (nSPS) is 10.7. The van der Waals surface area contributed by atoms with Gasteiger partial charge < -0.3 is 0 Å². The van der Waals surface area contributed by atoms with E-state index in [0.29, 0.717) is 5.69 Å². The van der Waals surface area contributed by atoms with E-state index in [0.717, 1.165) is 13.7 Å². The van der Waals surface area contributed by atoms with Crippen LogP contribution in [0.1, 0.15) is 0 Å². The SMILES string of the molecule is Cn1c(=O)c([N+](=O)[O-])c(N=[N+]=[N-])c2c(=O)n(-c3ccccc3)c(=O)n(-c3ccccc3)c21. The number of hydrogen-bond acceptors (Lipinski definition) is 6. The Morgan fingerprint density at radius 1 is 0.906 bits per heavy atom. The van der Waals surface area contributed by atoms with Crippen LogP contribution in [0.25, 0.3) is 32.9 Å². The second kappa shape index (κ2) is 7.70. The van der Waals surface area contributed by atoms with Gasteiger partial charge in [-0.25, -0.2) is 13.9 Å². The van der Waals surface area contributed by atoms with E-state index in [1.807, 2.05) is 0 Å². The molecule has 0 aliphatic heterocycles. The van der Waals surface area contributed by atoms with E-state index in [-0.39, 0.29) is 11.3 Å². The fraction of sp³-hybridized carbons (Fsp3) is 0.0500. The van der Waals surface area contributed by atoms with Crippen LogP contribution in [-0.4, -0.2) is 18.6 Å².